The number of nitrogens with zero attached hydrogens (tertiary/aromatic N) is 1. The molecule has 1 aromatic rings. The molecular formula is C13H18N2O3S. The Balaban J connectivity index is 2.23. The van der Waals surface area contributed by atoms with Crippen LogP contribution in [0.2, 0.25) is 0 Å². The summed E-state index contributed by atoms with van der Waals surface area (Å²) in [5.41, 5.74) is 6.61. The summed E-state index contributed by atoms with van der Waals surface area (Å²) in [5, 5.41) is 0. The van der Waals surface area contributed by atoms with E-state index in [0.29, 0.717) is 6.42 Å². The monoisotopic (exact) mass is 282 g/mol. The first-order valence-electron chi connectivity index (χ1n) is 6.14. The summed E-state index contributed by atoms with van der Waals surface area (Å²) < 4.78 is 23.9. The van der Waals surface area contributed by atoms with E-state index in [1.165, 1.54) is 13.8 Å². The molecule has 1 aliphatic rings. The lowest BCUT2D eigenvalue weighted by Crippen LogP contribution is -2.71. The van der Waals surface area contributed by atoms with Crippen molar-refractivity contribution in [3.63, 3.8) is 0 Å². The Labute approximate surface area is 113 Å². The standard InChI is InChI=1S/C13H18N2O3S/c1-13(2)12(16)15(19(13,17)18)11(9-14)8-10-6-4-3-5-7-10/h3-7,11H,8-9,14H2,1-2H3. The fraction of sp³-hybridized carbons (Fsp3) is 0.462. The van der Waals surface area contributed by atoms with Gasteiger partial charge in [0.2, 0.25) is 0 Å². The molecule has 0 radical (unpaired) electrons. The Morgan fingerprint density at radius 3 is 2.32 bits per heavy atom. The van der Waals surface area contributed by atoms with Gasteiger partial charge in [-0.25, -0.2) is 12.7 Å². The molecule has 2 rings (SSSR count). The van der Waals surface area contributed by atoms with Gasteiger partial charge in [-0.2, -0.15) is 0 Å². The smallest absolute Gasteiger partial charge is 0.259 e. The summed E-state index contributed by atoms with van der Waals surface area (Å²) in [6.07, 6.45) is 0.443. The van der Waals surface area contributed by atoms with Crippen LogP contribution in [0.1, 0.15) is 19.4 Å². The molecule has 2 N–H and O–H groups in total. The molecule has 1 aromatic carbocycles. The number of nitrogens with two attached hydrogens (primary N) is 1. The number of amides is 1. The average molecular weight is 282 g/mol. The van der Waals surface area contributed by atoms with Gasteiger partial charge >= 0.3 is 0 Å². The van der Waals surface area contributed by atoms with Crippen molar-refractivity contribution in [3.8, 4) is 0 Å². The Morgan fingerprint density at radius 1 is 1.26 bits per heavy atom. The highest BCUT2D eigenvalue weighted by molar-refractivity contribution is 7.94. The highest BCUT2D eigenvalue weighted by atomic mass is 32.2. The number of hydrogen-bond donors (Lipinski definition) is 1. The number of benzene rings is 1. The second kappa shape index (κ2) is 4.61. The van der Waals surface area contributed by atoms with E-state index >= 15 is 0 Å². The predicted molar refractivity (Wildman–Crippen MR) is 72.8 cm³/mol. The number of hydrogen-bond acceptors (Lipinski definition) is 4. The van der Waals surface area contributed by atoms with Gasteiger partial charge in [0.25, 0.3) is 15.9 Å². The van der Waals surface area contributed by atoms with Gasteiger partial charge < -0.3 is 5.73 Å². The van der Waals surface area contributed by atoms with Crippen molar-refractivity contribution in [1.82, 2.24) is 4.31 Å². The number of carbonyl (C=O) groups is 1. The molecule has 0 spiro atoms. The van der Waals surface area contributed by atoms with E-state index in [2.05, 4.69) is 0 Å². The van der Waals surface area contributed by atoms with E-state index < -0.39 is 20.8 Å². The highest BCUT2D eigenvalue weighted by Gasteiger charge is 2.61. The second-order valence-electron chi connectivity index (χ2n) is 5.20. The molecule has 6 heteroatoms. The average Bonchev–Trinajstić information content (AvgIpc) is 2.38. The minimum Gasteiger partial charge on any atom is -0.328 e. The van der Waals surface area contributed by atoms with Crippen LogP contribution in [0, 0.1) is 0 Å². The largest absolute Gasteiger partial charge is 0.328 e. The molecule has 1 atom stereocenters. The lowest BCUT2D eigenvalue weighted by atomic mass is 10.0. The number of carbonyl (C=O) groups excluding carboxylic acids is 1. The van der Waals surface area contributed by atoms with Crippen LogP contribution in [-0.2, 0) is 21.2 Å². The van der Waals surface area contributed by atoms with E-state index in [4.69, 9.17) is 5.73 Å². The highest BCUT2D eigenvalue weighted by Crippen LogP contribution is 2.37. The van der Waals surface area contributed by atoms with Crippen molar-refractivity contribution in [1.29, 1.82) is 0 Å². The molecule has 5 nitrogen and oxygen atoms in total. The third-order valence-electron chi connectivity index (χ3n) is 3.54. The Morgan fingerprint density at radius 2 is 1.84 bits per heavy atom. The van der Waals surface area contributed by atoms with Gasteiger partial charge in [0.1, 0.15) is 0 Å². The van der Waals surface area contributed by atoms with E-state index in [1.807, 2.05) is 30.3 Å². The van der Waals surface area contributed by atoms with Crippen molar-refractivity contribution in [2.45, 2.75) is 31.1 Å². The van der Waals surface area contributed by atoms with Crippen LogP contribution in [0.3, 0.4) is 0 Å². The van der Waals surface area contributed by atoms with E-state index in [0.717, 1.165) is 9.87 Å². The zero-order chi connectivity index (χ0) is 14.3. The SMILES string of the molecule is CC1(C)C(=O)N(C(CN)Cc2ccccc2)S1(=O)=O. The normalized spacial score (nSPS) is 21.8. The first-order valence-corrected chi connectivity index (χ1v) is 7.59. The molecule has 104 valence electrons. The third kappa shape index (κ3) is 2.04. The Hall–Kier alpha value is -1.40. The summed E-state index contributed by atoms with van der Waals surface area (Å²) >= 11 is 0. The first-order chi connectivity index (χ1) is 8.82. The Kier molecular flexibility index (Phi) is 3.40. The maximum atomic E-state index is 12.1. The summed E-state index contributed by atoms with van der Waals surface area (Å²) in [7, 11) is -3.58. The second-order valence-corrected chi connectivity index (χ2v) is 7.56. The molecule has 1 unspecified atom stereocenters. The number of rotatable bonds is 4. The minimum atomic E-state index is -3.58. The van der Waals surface area contributed by atoms with Crippen molar-refractivity contribution in [2.75, 3.05) is 6.54 Å². The molecule has 1 aliphatic heterocycles. The van der Waals surface area contributed by atoms with Crippen molar-refractivity contribution >= 4 is 15.9 Å². The van der Waals surface area contributed by atoms with Crippen LogP contribution in [0.5, 0.6) is 0 Å². The third-order valence-corrected chi connectivity index (χ3v) is 5.98. The van der Waals surface area contributed by atoms with Crippen LogP contribution >= 0.6 is 0 Å². The fourth-order valence-corrected chi connectivity index (χ4v) is 3.88. The topological polar surface area (TPSA) is 80.5 Å². The quantitative estimate of drug-likeness (QED) is 0.872. The van der Waals surface area contributed by atoms with Gasteiger partial charge in [-0.15, -0.1) is 0 Å². The summed E-state index contributed by atoms with van der Waals surface area (Å²) in [5.74, 6) is -0.376. The van der Waals surface area contributed by atoms with Crippen LogP contribution in [0.25, 0.3) is 0 Å². The molecule has 0 aliphatic carbocycles. The number of sulfonamides is 1. The van der Waals surface area contributed by atoms with Crippen molar-refractivity contribution < 1.29 is 13.2 Å². The van der Waals surface area contributed by atoms with Gasteiger partial charge in [-0.1, -0.05) is 30.3 Å². The van der Waals surface area contributed by atoms with Crippen molar-refractivity contribution in [3.05, 3.63) is 35.9 Å². The van der Waals surface area contributed by atoms with E-state index in [-0.39, 0.29) is 12.5 Å². The lowest BCUT2D eigenvalue weighted by Gasteiger charge is -2.46. The van der Waals surface area contributed by atoms with Gasteiger partial charge in [0.15, 0.2) is 4.75 Å². The zero-order valence-electron chi connectivity index (χ0n) is 11.0. The molecule has 1 amide bonds. The molecule has 1 heterocycles. The molecule has 0 saturated carbocycles. The predicted octanol–water partition coefficient (Wildman–Crippen LogP) is 0.507. The molecule has 19 heavy (non-hydrogen) atoms. The molecule has 0 bridgehead atoms. The Bertz CT molecular complexity index is 581. The minimum absolute atomic E-state index is 0.121. The molecule has 1 saturated heterocycles. The van der Waals surface area contributed by atoms with E-state index in [1.54, 1.807) is 0 Å². The molecule has 1 fully saturated rings. The van der Waals surface area contributed by atoms with Crippen LogP contribution < -0.4 is 5.73 Å². The van der Waals surface area contributed by atoms with Gasteiger partial charge in [-0.3, -0.25) is 4.79 Å². The van der Waals surface area contributed by atoms with Gasteiger partial charge in [0, 0.05) is 6.54 Å². The summed E-state index contributed by atoms with van der Waals surface area (Å²) in [6.45, 7) is 2.98. The van der Waals surface area contributed by atoms with E-state index in [9.17, 15) is 13.2 Å². The summed E-state index contributed by atoms with van der Waals surface area (Å²) in [6, 6.07) is 8.91. The van der Waals surface area contributed by atoms with Gasteiger partial charge in [0.05, 0.1) is 6.04 Å². The van der Waals surface area contributed by atoms with Crippen molar-refractivity contribution in [2.24, 2.45) is 5.73 Å². The maximum absolute atomic E-state index is 12.1. The van der Waals surface area contributed by atoms with Gasteiger partial charge in [-0.05, 0) is 25.8 Å². The first kappa shape index (κ1) is 14.0. The lowest BCUT2D eigenvalue weighted by molar-refractivity contribution is -0.133. The fourth-order valence-electron chi connectivity index (χ4n) is 2.20. The zero-order valence-corrected chi connectivity index (χ0v) is 11.9. The summed E-state index contributed by atoms with van der Waals surface area (Å²) in [4.78, 5) is 12.0. The van der Waals surface area contributed by atoms with Crippen LogP contribution in [-0.4, -0.2) is 36.0 Å². The molecular weight excluding hydrogens is 264 g/mol. The molecule has 0 aromatic heterocycles. The maximum Gasteiger partial charge on any atom is 0.259 e. The van der Waals surface area contributed by atoms with Crippen LogP contribution in [0.15, 0.2) is 30.3 Å². The van der Waals surface area contributed by atoms with Crippen LogP contribution in [0.4, 0.5) is 0 Å².